The van der Waals surface area contributed by atoms with Gasteiger partial charge in [-0.3, -0.25) is 4.79 Å². The number of aryl methyl sites for hydroxylation is 1. The molecule has 2 heterocycles. The number of nitrogens with one attached hydrogen (secondary N) is 2. The van der Waals surface area contributed by atoms with E-state index in [9.17, 15) is 9.90 Å². The molecule has 0 saturated heterocycles. The van der Waals surface area contributed by atoms with Crippen LogP contribution in [-0.2, 0) is 6.54 Å². The second-order valence-corrected chi connectivity index (χ2v) is 6.79. The van der Waals surface area contributed by atoms with Crippen molar-refractivity contribution in [3.05, 3.63) is 77.6 Å². The van der Waals surface area contributed by atoms with E-state index in [1.54, 1.807) is 19.2 Å². The SMILES string of the molecule is COc1ccc(CNc2nn3c(C(=O)Nc4ccc(O)cc4)cnc3cc2C)cc1. The fraction of sp³-hybridized carbons (Fsp3) is 0.136. The van der Waals surface area contributed by atoms with Gasteiger partial charge in [-0.1, -0.05) is 12.1 Å². The molecule has 4 aromatic rings. The van der Waals surface area contributed by atoms with Crippen LogP contribution in [0.5, 0.6) is 11.5 Å². The molecule has 3 N–H and O–H groups in total. The molecule has 0 aliphatic carbocycles. The van der Waals surface area contributed by atoms with Crippen LogP contribution in [0.2, 0.25) is 0 Å². The highest BCUT2D eigenvalue weighted by atomic mass is 16.5. The zero-order valence-electron chi connectivity index (χ0n) is 16.6. The Balaban J connectivity index is 1.55. The fourth-order valence-electron chi connectivity index (χ4n) is 3.00. The molecule has 0 atom stereocenters. The second kappa shape index (κ2) is 8.12. The lowest BCUT2D eigenvalue weighted by molar-refractivity contribution is 0.102. The third kappa shape index (κ3) is 4.02. The van der Waals surface area contributed by atoms with Crippen molar-refractivity contribution in [2.24, 2.45) is 0 Å². The molecular formula is C22H21N5O3. The summed E-state index contributed by atoms with van der Waals surface area (Å²) >= 11 is 0. The van der Waals surface area contributed by atoms with Crippen LogP contribution in [0, 0.1) is 6.92 Å². The number of anilines is 2. The largest absolute Gasteiger partial charge is 0.508 e. The Morgan fingerprint density at radius 2 is 1.87 bits per heavy atom. The van der Waals surface area contributed by atoms with E-state index in [1.165, 1.54) is 22.8 Å². The van der Waals surface area contributed by atoms with Crippen LogP contribution in [-0.4, -0.2) is 32.7 Å². The van der Waals surface area contributed by atoms with Crippen molar-refractivity contribution in [3.63, 3.8) is 0 Å². The summed E-state index contributed by atoms with van der Waals surface area (Å²) in [7, 11) is 1.64. The van der Waals surface area contributed by atoms with Crippen molar-refractivity contribution in [1.29, 1.82) is 0 Å². The summed E-state index contributed by atoms with van der Waals surface area (Å²) in [5, 5.41) is 20.1. The van der Waals surface area contributed by atoms with Gasteiger partial charge in [-0.15, -0.1) is 5.10 Å². The predicted molar refractivity (Wildman–Crippen MR) is 114 cm³/mol. The number of imidazole rings is 1. The van der Waals surface area contributed by atoms with Crippen LogP contribution in [0.25, 0.3) is 5.65 Å². The molecule has 2 aromatic heterocycles. The van der Waals surface area contributed by atoms with E-state index < -0.39 is 0 Å². The zero-order chi connectivity index (χ0) is 21.1. The van der Waals surface area contributed by atoms with Crippen LogP contribution >= 0.6 is 0 Å². The summed E-state index contributed by atoms with van der Waals surface area (Å²) in [6, 6.07) is 15.9. The molecule has 0 spiro atoms. The highest BCUT2D eigenvalue weighted by molar-refractivity contribution is 6.03. The predicted octanol–water partition coefficient (Wildman–Crippen LogP) is 3.62. The first-order valence-corrected chi connectivity index (χ1v) is 9.36. The Morgan fingerprint density at radius 1 is 1.13 bits per heavy atom. The summed E-state index contributed by atoms with van der Waals surface area (Å²) in [4.78, 5) is 17.0. The number of rotatable bonds is 6. The topological polar surface area (TPSA) is 101 Å². The number of fused-ring (bicyclic) bond motifs is 1. The van der Waals surface area contributed by atoms with E-state index in [0.29, 0.717) is 29.4 Å². The number of carbonyl (C=O) groups excluding carboxylic acids is 1. The normalized spacial score (nSPS) is 10.7. The number of methoxy groups -OCH3 is 1. The van der Waals surface area contributed by atoms with Crippen LogP contribution in [0.3, 0.4) is 0 Å². The minimum Gasteiger partial charge on any atom is -0.508 e. The van der Waals surface area contributed by atoms with Gasteiger partial charge < -0.3 is 20.5 Å². The van der Waals surface area contributed by atoms with Crippen molar-refractivity contribution in [2.45, 2.75) is 13.5 Å². The quantitative estimate of drug-likeness (QED) is 0.425. The molecule has 0 unspecified atom stereocenters. The van der Waals surface area contributed by atoms with Gasteiger partial charge in [0.25, 0.3) is 5.91 Å². The number of aromatic nitrogens is 3. The maximum atomic E-state index is 12.7. The lowest BCUT2D eigenvalue weighted by Gasteiger charge is -2.11. The molecule has 0 aliphatic rings. The maximum absolute atomic E-state index is 12.7. The first-order chi connectivity index (χ1) is 14.5. The Morgan fingerprint density at radius 3 is 2.57 bits per heavy atom. The molecule has 0 fully saturated rings. The van der Waals surface area contributed by atoms with E-state index in [-0.39, 0.29) is 11.7 Å². The van der Waals surface area contributed by atoms with Gasteiger partial charge in [0.15, 0.2) is 11.3 Å². The second-order valence-electron chi connectivity index (χ2n) is 6.79. The van der Waals surface area contributed by atoms with Gasteiger partial charge in [0.2, 0.25) is 0 Å². The smallest absolute Gasteiger partial charge is 0.276 e. The molecule has 4 rings (SSSR count). The molecule has 152 valence electrons. The minimum absolute atomic E-state index is 0.132. The summed E-state index contributed by atoms with van der Waals surface area (Å²) in [5.74, 6) is 1.25. The van der Waals surface area contributed by atoms with E-state index in [1.807, 2.05) is 37.3 Å². The number of ether oxygens (including phenoxy) is 1. The first kappa shape index (κ1) is 19.3. The molecule has 2 aromatic carbocycles. The molecule has 8 heteroatoms. The number of nitrogens with zero attached hydrogens (tertiary/aromatic N) is 3. The van der Waals surface area contributed by atoms with Crippen molar-refractivity contribution in [2.75, 3.05) is 17.7 Å². The minimum atomic E-state index is -0.342. The highest BCUT2D eigenvalue weighted by Crippen LogP contribution is 2.19. The van der Waals surface area contributed by atoms with E-state index in [2.05, 4.69) is 20.7 Å². The van der Waals surface area contributed by atoms with Gasteiger partial charge in [-0.05, 0) is 60.5 Å². The molecule has 0 saturated carbocycles. The number of benzene rings is 2. The standard InChI is InChI=1S/C22H21N5O3/c1-14-11-20-23-13-19(22(29)25-16-5-7-17(28)8-6-16)27(20)26-21(14)24-12-15-3-9-18(30-2)10-4-15/h3-11,13,28H,12H2,1-2H3,(H,24,26)(H,25,29). The van der Waals surface area contributed by atoms with Crippen molar-refractivity contribution in [1.82, 2.24) is 14.6 Å². The Labute approximate surface area is 173 Å². The molecule has 0 bridgehead atoms. The Bertz CT molecular complexity index is 1180. The summed E-state index contributed by atoms with van der Waals surface area (Å²) in [5.41, 5.74) is 3.46. The van der Waals surface area contributed by atoms with Gasteiger partial charge in [0.1, 0.15) is 17.3 Å². The van der Waals surface area contributed by atoms with Crippen LogP contribution in [0.1, 0.15) is 21.6 Å². The molecule has 0 aliphatic heterocycles. The summed E-state index contributed by atoms with van der Waals surface area (Å²) in [6.45, 7) is 2.52. The summed E-state index contributed by atoms with van der Waals surface area (Å²) < 4.78 is 6.69. The number of hydrogen-bond acceptors (Lipinski definition) is 6. The third-order valence-electron chi connectivity index (χ3n) is 4.66. The van der Waals surface area contributed by atoms with Crippen molar-refractivity contribution < 1.29 is 14.6 Å². The van der Waals surface area contributed by atoms with Crippen LogP contribution in [0.15, 0.2) is 60.8 Å². The number of phenolic OH excluding ortho intramolecular Hbond substituents is 1. The maximum Gasteiger partial charge on any atom is 0.276 e. The number of phenols is 1. The van der Waals surface area contributed by atoms with E-state index in [4.69, 9.17) is 4.74 Å². The third-order valence-corrected chi connectivity index (χ3v) is 4.66. The van der Waals surface area contributed by atoms with Crippen LogP contribution < -0.4 is 15.4 Å². The van der Waals surface area contributed by atoms with Gasteiger partial charge in [0, 0.05) is 12.2 Å². The molecular weight excluding hydrogens is 382 g/mol. The van der Waals surface area contributed by atoms with Gasteiger partial charge >= 0.3 is 0 Å². The lowest BCUT2D eigenvalue weighted by Crippen LogP contribution is -2.16. The summed E-state index contributed by atoms with van der Waals surface area (Å²) in [6.07, 6.45) is 1.49. The Hall–Kier alpha value is -4.07. The average Bonchev–Trinajstić information content (AvgIpc) is 3.16. The van der Waals surface area contributed by atoms with E-state index >= 15 is 0 Å². The lowest BCUT2D eigenvalue weighted by atomic mass is 10.2. The van der Waals surface area contributed by atoms with Gasteiger partial charge in [0.05, 0.1) is 13.3 Å². The van der Waals surface area contributed by atoms with E-state index in [0.717, 1.165) is 16.9 Å². The van der Waals surface area contributed by atoms with Gasteiger partial charge in [-0.25, -0.2) is 9.50 Å². The molecule has 30 heavy (non-hydrogen) atoms. The Kier molecular flexibility index (Phi) is 5.21. The molecule has 1 amide bonds. The van der Waals surface area contributed by atoms with Crippen molar-refractivity contribution in [3.8, 4) is 11.5 Å². The number of amides is 1. The number of hydrogen-bond donors (Lipinski definition) is 3. The van der Waals surface area contributed by atoms with Gasteiger partial charge in [-0.2, -0.15) is 0 Å². The molecule has 8 nitrogen and oxygen atoms in total. The van der Waals surface area contributed by atoms with Crippen LogP contribution in [0.4, 0.5) is 11.5 Å². The van der Waals surface area contributed by atoms with Crippen molar-refractivity contribution >= 4 is 23.1 Å². The molecule has 0 radical (unpaired) electrons. The highest BCUT2D eigenvalue weighted by Gasteiger charge is 2.15. The monoisotopic (exact) mass is 403 g/mol. The zero-order valence-corrected chi connectivity index (χ0v) is 16.6. The average molecular weight is 403 g/mol. The first-order valence-electron chi connectivity index (χ1n) is 9.36. The fourth-order valence-corrected chi connectivity index (χ4v) is 3.00. The number of carbonyl (C=O) groups is 1. The number of aromatic hydroxyl groups is 1.